The Morgan fingerprint density at radius 1 is 1.00 bits per heavy atom. The van der Waals surface area contributed by atoms with Crippen LogP contribution in [0.4, 0.5) is 0 Å². The van der Waals surface area contributed by atoms with Crippen LogP contribution in [0, 0.1) is 52.8 Å². The van der Waals surface area contributed by atoms with Crippen LogP contribution in [0.15, 0.2) is 41.6 Å². The molecule has 0 amide bonds. The number of carbonyl (C=O) groups excluding carboxylic acids is 4. The minimum atomic E-state index is -3.93. The maximum atomic E-state index is 14.1. The number of carbonyl (C=O) groups is 4. The van der Waals surface area contributed by atoms with E-state index in [1.54, 1.807) is 12.1 Å². The summed E-state index contributed by atoms with van der Waals surface area (Å²) in [5, 5.41) is 0. The summed E-state index contributed by atoms with van der Waals surface area (Å²) >= 11 is 0. The zero-order valence-corrected chi connectivity index (χ0v) is 27.8. The number of ketones is 3. The number of benzene rings is 1. The van der Waals surface area contributed by atoms with Gasteiger partial charge in [0.2, 0.25) is 5.88 Å². The van der Waals surface area contributed by atoms with Crippen molar-refractivity contribution < 1.29 is 32.3 Å². The molecule has 0 N–H and O–H groups in total. The molecule has 4 aliphatic carbocycles. The van der Waals surface area contributed by atoms with Gasteiger partial charge in [0.25, 0.3) is 10.0 Å². The first kappa shape index (κ1) is 32.6. The van der Waals surface area contributed by atoms with Crippen molar-refractivity contribution in [3.63, 3.8) is 0 Å². The van der Waals surface area contributed by atoms with Crippen molar-refractivity contribution >= 4 is 33.3 Å². The molecule has 1 aromatic rings. The lowest BCUT2D eigenvalue weighted by Gasteiger charge is -2.63. The van der Waals surface area contributed by atoms with Gasteiger partial charge in [-0.25, -0.2) is 12.7 Å². The molecular weight excluding hydrogens is 578 g/mol. The lowest BCUT2D eigenvalue weighted by Crippen LogP contribution is -2.65. The lowest BCUT2D eigenvalue weighted by atomic mass is 9.38. The number of aryl methyl sites for hydroxylation is 1. The van der Waals surface area contributed by atoms with Crippen LogP contribution < -0.4 is 0 Å². The van der Waals surface area contributed by atoms with E-state index in [-0.39, 0.29) is 69.6 Å². The molecule has 5 rings (SSSR count). The molecule has 1 unspecified atom stereocenters. The minimum Gasteiger partial charge on any atom is -0.409 e. The maximum absolute atomic E-state index is 14.1. The summed E-state index contributed by atoms with van der Waals surface area (Å²) in [4.78, 5) is 53.3. The fourth-order valence-electron chi connectivity index (χ4n) is 9.80. The van der Waals surface area contributed by atoms with Crippen molar-refractivity contribution in [3.05, 3.63) is 42.3 Å². The second-order valence-corrected chi connectivity index (χ2v) is 16.7. The Hall–Kier alpha value is -2.81. The lowest BCUT2D eigenvalue weighted by molar-refractivity contribution is -0.185. The number of Topliss-reactive ketones (excluding diaryl/α,β-unsaturated/α-hetero) is 3. The Kier molecular flexibility index (Phi) is 8.30. The number of hydrogen-bond donors (Lipinski definition) is 0. The normalized spacial score (nSPS) is 35.7. The molecular formula is C35H47NO7S. The van der Waals surface area contributed by atoms with Gasteiger partial charge in [0.1, 0.15) is 17.3 Å². The van der Waals surface area contributed by atoms with Crippen molar-refractivity contribution in [1.29, 1.82) is 0 Å². The van der Waals surface area contributed by atoms with Crippen LogP contribution in [0.1, 0.15) is 91.0 Å². The Morgan fingerprint density at radius 2 is 1.64 bits per heavy atom. The monoisotopic (exact) mass is 625 g/mol. The number of sulfonamides is 1. The number of hydrogen-bond acceptors (Lipinski definition) is 7. The van der Waals surface area contributed by atoms with Crippen LogP contribution in [-0.2, 0) is 33.9 Å². The fourth-order valence-corrected chi connectivity index (χ4v) is 10.9. The standard InChI is InChI=1S/C35H47NO7S/c1-21-8-11-26(12-9-21)44(41,42)36(7)23(3)43-32(40)15-10-22(2)27-13-14-28-34(27,5)31(39)20-29-33(4)17-16-25(37)18-24(33)19-30(38)35(28,29)6/h8-9,11-12,22,24,27-29H,3,10,13-20H2,1-2,4-7H3/t22-,24?,27-,28-,29-,33+,34-,35+/m1/s1. The largest absolute Gasteiger partial charge is 0.409 e. The maximum Gasteiger partial charge on any atom is 0.312 e. The molecule has 1 aromatic carbocycles. The number of rotatable bonds is 8. The van der Waals surface area contributed by atoms with Crippen molar-refractivity contribution in [2.45, 2.75) is 97.3 Å². The van der Waals surface area contributed by atoms with Crippen LogP contribution in [0.2, 0.25) is 0 Å². The smallest absolute Gasteiger partial charge is 0.312 e. The minimum absolute atomic E-state index is 0.0123. The van der Waals surface area contributed by atoms with Gasteiger partial charge < -0.3 is 4.74 Å². The highest BCUT2D eigenvalue weighted by Crippen LogP contribution is 2.71. The van der Waals surface area contributed by atoms with Crippen molar-refractivity contribution in [1.82, 2.24) is 4.31 Å². The third-order valence-corrected chi connectivity index (χ3v) is 14.4. The van der Waals surface area contributed by atoms with Gasteiger partial charge in [0, 0.05) is 50.0 Å². The molecule has 44 heavy (non-hydrogen) atoms. The summed E-state index contributed by atoms with van der Waals surface area (Å²) < 4.78 is 32.2. The molecule has 0 spiro atoms. The SMILES string of the molecule is C=C(OC(=O)CC[C@@H](C)[C@H]1CC[C@@H]2[C@]1(C)C(=O)C[C@H]1[C@@]2(C)C(=O)CC2CC(=O)CC[C@@]21C)N(C)S(=O)(=O)c1ccc(C)cc1. The molecule has 0 saturated heterocycles. The van der Waals surface area contributed by atoms with Gasteiger partial charge in [-0.15, -0.1) is 0 Å². The van der Waals surface area contributed by atoms with E-state index in [1.165, 1.54) is 19.2 Å². The molecule has 0 heterocycles. The van der Waals surface area contributed by atoms with Gasteiger partial charge in [-0.05, 0) is 86.3 Å². The van der Waals surface area contributed by atoms with E-state index in [1.807, 2.05) is 13.8 Å². The fraction of sp³-hybridized carbons (Fsp3) is 0.657. The molecule has 4 fully saturated rings. The third kappa shape index (κ3) is 4.97. The van der Waals surface area contributed by atoms with Crippen LogP contribution in [0.5, 0.6) is 0 Å². The summed E-state index contributed by atoms with van der Waals surface area (Å²) in [5.41, 5.74) is -0.534. The topological polar surface area (TPSA) is 115 Å². The number of nitrogens with zero attached hydrogens (tertiary/aromatic N) is 1. The highest BCUT2D eigenvalue weighted by molar-refractivity contribution is 7.89. The second kappa shape index (κ2) is 11.2. The molecule has 0 aliphatic heterocycles. The average molecular weight is 626 g/mol. The highest BCUT2D eigenvalue weighted by atomic mass is 32.2. The van der Waals surface area contributed by atoms with Crippen LogP contribution in [0.25, 0.3) is 0 Å². The first-order valence-electron chi connectivity index (χ1n) is 16.0. The predicted molar refractivity (Wildman–Crippen MR) is 165 cm³/mol. The van der Waals surface area contributed by atoms with Crippen molar-refractivity contribution in [2.24, 2.45) is 45.8 Å². The molecule has 0 aromatic heterocycles. The van der Waals surface area contributed by atoms with Gasteiger partial charge in [0.05, 0.1) is 4.90 Å². The van der Waals surface area contributed by atoms with E-state index in [4.69, 9.17) is 4.74 Å². The van der Waals surface area contributed by atoms with E-state index in [2.05, 4.69) is 27.4 Å². The predicted octanol–water partition coefficient (Wildman–Crippen LogP) is 6.02. The Labute approximate surface area is 262 Å². The van der Waals surface area contributed by atoms with Crippen molar-refractivity contribution in [2.75, 3.05) is 7.05 Å². The third-order valence-electron chi connectivity index (χ3n) is 12.6. The first-order valence-corrected chi connectivity index (χ1v) is 17.4. The highest BCUT2D eigenvalue weighted by Gasteiger charge is 2.71. The summed E-state index contributed by atoms with van der Waals surface area (Å²) in [7, 11) is -2.63. The molecule has 4 saturated carbocycles. The first-order chi connectivity index (χ1) is 20.5. The molecule has 8 atom stereocenters. The van der Waals surface area contributed by atoms with Gasteiger partial charge in [-0.2, -0.15) is 0 Å². The summed E-state index contributed by atoms with van der Waals surface area (Å²) in [6.07, 6.45) is 4.62. The number of ether oxygens (including phenoxy) is 1. The quantitative estimate of drug-likeness (QED) is 0.256. The van der Waals surface area contributed by atoms with Crippen LogP contribution >= 0.6 is 0 Å². The van der Waals surface area contributed by atoms with Gasteiger partial charge in [-0.3, -0.25) is 19.2 Å². The average Bonchev–Trinajstić information content (AvgIpc) is 3.34. The van der Waals surface area contributed by atoms with Gasteiger partial charge in [-0.1, -0.05) is 45.4 Å². The van der Waals surface area contributed by atoms with E-state index < -0.39 is 26.8 Å². The zero-order valence-electron chi connectivity index (χ0n) is 27.0. The second-order valence-electron chi connectivity index (χ2n) is 14.7. The molecule has 0 bridgehead atoms. The van der Waals surface area contributed by atoms with E-state index >= 15 is 0 Å². The van der Waals surface area contributed by atoms with Crippen LogP contribution in [-0.4, -0.2) is 43.1 Å². The molecule has 4 aliphatic rings. The van der Waals surface area contributed by atoms with E-state index in [0.29, 0.717) is 32.1 Å². The Balaban J connectivity index is 1.25. The van der Waals surface area contributed by atoms with Gasteiger partial charge in [0.15, 0.2) is 0 Å². The molecule has 8 nitrogen and oxygen atoms in total. The zero-order chi connectivity index (χ0) is 32.4. The number of esters is 1. The van der Waals surface area contributed by atoms with E-state index in [9.17, 15) is 27.6 Å². The molecule has 240 valence electrons. The summed E-state index contributed by atoms with van der Waals surface area (Å²) in [6.45, 7) is 14.0. The molecule has 9 heteroatoms. The van der Waals surface area contributed by atoms with E-state index in [0.717, 1.165) is 29.1 Å². The van der Waals surface area contributed by atoms with Crippen LogP contribution in [0.3, 0.4) is 0 Å². The summed E-state index contributed by atoms with van der Waals surface area (Å²) in [6, 6.07) is 6.39. The number of fused-ring (bicyclic) bond motifs is 5. The van der Waals surface area contributed by atoms with Crippen molar-refractivity contribution in [3.8, 4) is 0 Å². The Bertz CT molecular complexity index is 1500. The molecule has 0 radical (unpaired) electrons. The summed E-state index contributed by atoms with van der Waals surface area (Å²) in [5.74, 6) is -0.267. The van der Waals surface area contributed by atoms with Gasteiger partial charge >= 0.3 is 5.97 Å². The Morgan fingerprint density at radius 3 is 2.30 bits per heavy atom.